The van der Waals surface area contributed by atoms with Crippen LogP contribution >= 0.6 is 0 Å². The third kappa shape index (κ3) is 2.58. The number of aromatic nitrogens is 2. The fourth-order valence-corrected chi connectivity index (χ4v) is 2.24. The Morgan fingerprint density at radius 3 is 2.87 bits per heavy atom. The van der Waals surface area contributed by atoms with Crippen molar-refractivity contribution < 1.29 is 0 Å². The zero-order chi connectivity index (χ0) is 10.7. The summed E-state index contributed by atoms with van der Waals surface area (Å²) in [7, 11) is 0. The Morgan fingerprint density at radius 2 is 2.20 bits per heavy atom. The van der Waals surface area contributed by atoms with Crippen LogP contribution in [0.2, 0.25) is 0 Å². The highest BCUT2D eigenvalue weighted by molar-refractivity contribution is 5.54. The van der Waals surface area contributed by atoms with E-state index >= 15 is 0 Å². The zero-order valence-corrected chi connectivity index (χ0v) is 9.11. The molecular formula is C11H18N4. The van der Waals surface area contributed by atoms with Crippen molar-refractivity contribution in [3.8, 4) is 0 Å². The molecule has 0 saturated heterocycles. The molecule has 1 heterocycles. The number of nitrogens with zero attached hydrogens (tertiary/aromatic N) is 2. The van der Waals surface area contributed by atoms with E-state index in [0.717, 1.165) is 24.2 Å². The molecule has 2 rings (SSSR count). The van der Waals surface area contributed by atoms with E-state index in [4.69, 9.17) is 5.73 Å². The van der Waals surface area contributed by atoms with Crippen LogP contribution in [0.25, 0.3) is 0 Å². The summed E-state index contributed by atoms with van der Waals surface area (Å²) in [5.74, 6) is 2.85. The van der Waals surface area contributed by atoms with Gasteiger partial charge in [0.15, 0.2) is 11.6 Å². The first-order valence-electron chi connectivity index (χ1n) is 5.56. The van der Waals surface area contributed by atoms with E-state index in [0.29, 0.717) is 5.82 Å². The fourth-order valence-electron chi connectivity index (χ4n) is 2.24. The normalized spacial score (nSPS) is 25.4. The summed E-state index contributed by atoms with van der Waals surface area (Å²) in [6, 6.07) is 0. The summed E-state index contributed by atoms with van der Waals surface area (Å²) in [6.45, 7) is 3.28. The Bertz CT molecular complexity index is 326. The standard InChI is InChI=1S/C11H18N4/c1-8-2-3-9(6-8)7-15-11-10(12)13-4-5-14-11/h4-5,8-9H,2-3,6-7H2,1H3,(H2,12,13)(H,14,15). The van der Waals surface area contributed by atoms with Gasteiger partial charge in [0.05, 0.1) is 0 Å². The second-order valence-corrected chi connectivity index (χ2v) is 4.46. The van der Waals surface area contributed by atoms with Crippen LogP contribution in [0.1, 0.15) is 26.2 Å². The molecule has 1 fully saturated rings. The van der Waals surface area contributed by atoms with Gasteiger partial charge >= 0.3 is 0 Å². The molecule has 1 saturated carbocycles. The summed E-state index contributed by atoms with van der Waals surface area (Å²) in [6.07, 6.45) is 7.25. The molecule has 1 aromatic rings. The quantitative estimate of drug-likeness (QED) is 0.793. The van der Waals surface area contributed by atoms with Crippen LogP contribution in [-0.2, 0) is 0 Å². The molecule has 1 aliphatic rings. The zero-order valence-electron chi connectivity index (χ0n) is 9.11. The van der Waals surface area contributed by atoms with Crippen LogP contribution in [0, 0.1) is 11.8 Å². The van der Waals surface area contributed by atoms with Gasteiger partial charge in [0.1, 0.15) is 0 Å². The fraction of sp³-hybridized carbons (Fsp3) is 0.636. The van der Waals surface area contributed by atoms with Crippen molar-refractivity contribution >= 4 is 11.6 Å². The van der Waals surface area contributed by atoms with Gasteiger partial charge in [-0.2, -0.15) is 0 Å². The van der Waals surface area contributed by atoms with Gasteiger partial charge in [-0.05, 0) is 24.7 Å². The van der Waals surface area contributed by atoms with Crippen molar-refractivity contribution in [2.24, 2.45) is 11.8 Å². The maximum absolute atomic E-state index is 5.70. The lowest BCUT2D eigenvalue weighted by molar-refractivity contribution is 0.536. The first kappa shape index (κ1) is 10.2. The molecule has 2 atom stereocenters. The molecule has 4 heteroatoms. The number of hydrogen-bond donors (Lipinski definition) is 2. The molecule has 0 radical (unpaired) electrons. The largest absolute Gasteiger partial charge is 0.381 e. The summed E-state index contributed by atoms with van der Waals surface area (Å²) in [5, 5.41) is 3.28. The molecule has 1 aliphatic carbocycles. The minimum absolute atomic E-state index is 0.489. The molecule has 0 aromatic carbocycles. The number of nitrogens with two attached hydrogens (primary N) is 1. The highest BCUT2D eigenvalue weighted by atomic mass is 15.0. The van der Waals surface area contributed by atoms with E-state index in [1.807, 2.05) is 0 Å². The van der Waals surface area contributed by atoms with E-state index in [1.54, 1.807) is 12.4 Å². The van der Waals surface area contributed by atoms with Gasteiger partial charge < -0.3 is 11.1 Å². The van der Waals surface area contributed by atoms with Gasteiger partial charge in [-0.3, -0.25) is 0 Å². The first-order valence-corrected chi connectivity index (χ1v) is 5.56. The number of nitrogens with one attached hydrogen (secondary N) is 1. The van der Waals surface area contributed by atoms with Crippen LogP contribution in [0.3, 0.4) is 0 Å². The van der Waals surface area contributed by atoms with Crippen LogP contribution in [0.4, 0.5) is 11.6 Å². The minimum Gasteiger partial charge on any atom is -0.381 e. The third-order valence-electron chi connectivity index (χ3n) is 3.09. The van der Waals surface area contributed by atoms with Crippen LogP contribution in [-0.4, -0.2) is 16.5 Å². The number of hydrogen-bond acceptors (Lipinski definition) is 4. The SMILES string of the molecule is CC1CCC(CNc2nccnc2N)C1. The predicted octanol–water partition coefficient (Wildman–Crippen LogP) is 1.91. The first-order chi connectivity index (χ1) is 7.25. The van der Waals surface area contributed by atoms with Gasteiger partial charge in [-0.15, -0.1) is 0 Å². The monoisotopic (exact) mass is 206 g/mol. The van der Waals surface area contributed by atoms with E-state index in [9.17, 15) is 0 Å². The van der Waals surface area contributed by atoms with Crippen molar-refractivity contribution in [2.45, 2.75) is 26.2 Å². The molecule has 0 aliphatic heterocycles. The highest BCUT2D eigenvalue weighted by Crippen LogP contribution is 2.30. The molecule has 0 amide bonds. The minimum atomic E-state index is 0.489. The molecule has 15 heavy (non-hydrogen) atoms. The highest BCUT2D eigenvalue weighted by Gasteiger charge is 2.21. The molecular weight excluding hydrogens is 188 g/mol. The number of anilines is 2. The Hall–Kier alpha value is -1.32. The maximum atomic E-state index is 5.70. The summed E-state index contributed by atoms with van der Waals surface area (Å²) < 4.78 is 0. The molecule has 2 unspecified atom stereocenters. The van der Waals surface area contributed by atoms with Gasteiger partial charge in [0.25, 0.3) is 0 Å². The lowest BCUT2D eigenvalue weighted by Gasteiger charge is -2.12. The van der Waals surface area contributed by atoms with E-state index in [1.165, 1.54) is 19.3 Å². The van der Waals surface area contributed by atoms with Crippen molar-refractivity contribution in [2.75, 3.05) is 17.6 Å². The molecule has 1 aromatic heterocycles. The summed E-state index contributed by atoms with van der Waals surface area (Å²) >= 11 is 0. The molecule has 0 bridgehead atoms. The van der Waals surface area contributed by atoms with Crippen LogP contribution < -0.4 is 11.1 Å². The Balaban J connectivity index is 1.86. The van der Waals surface area contributed by atoms with Crippen LogP contribution in [0.15, 0.2) is 12.4 Å². The molecule has 3 N–H and O–H groups in total. The Labute approximate surface area is 90.3 Å². The van der Waals surface area contributed by atoms with Gasteiger partial charge in [0, 0.05) is 18.9 Å². The molecule has 4 nitrogen and oxygen atoms in total. The lowest BCUT2D eigenvalue weighted by Crippen LogP contribution is -2.14. The summed E-state index contributed by atoms with van der Waals surface area (Å²) in [4.78, 5) is 8.15. The topological polar surface area (TPSA) is 63.8 Å². The predicted molar refractivity (Wildman–Crippen MR) is 61.4 cm³/mol. The Kier molecular flexibility index (Phi) is 3.04. The van der Waals surface area contributed by atoms with Crippen LogP contribution in [0.5, 0.6) is 0 Å². The number of nitrogen functional groups attached to an aromatic ring is 1. The maximum Gasteiger partial charge on any atom is 0.168 e. The number of rotatable bonds is 3. The van der Waals surface area contributed by atoms with E-state index in [2.05, 4.69) is 22.2 Å². The third-order valence-corrected chi connectivity index (χ3v) is 3.09. The smallest absolute Gasteiger partial charge is 0.168 e. The second kappa shape index (κ2) is 4.47. The van der Waals surface area contributed by atoms with Gasteiger partial charge in [0.2, 0.25) is 0 Å². The van der Waals surface area contributed by atoms with Gasteiger partial charge in [-0.25, -0.2) is 9.97 Å². The van der Waals surface area contributed by atoms with Crippen molar-refractivity contribution in [1.82, 2.24) is 9.97 Å². The average Bonchev–Trinajstić information content (AvgIpc) is 2.63. The Morgan fingerprint density at radius 1 is 1.40 bits per heavy atom. The van der Waals surface area contributed by atoms with Crippen molar-refractivity contribution in [3.63, 3.8) is 0 Å². The van der Waals surface area contributed by atoms with Gasteiger partial charge in [-0.1, -0.05) is 13.3 Å². The van der Waals surface area contributed by atoms with Crippen molar-refractivity contribution in [3.05, 3.63) is 12.4 Å². The average molecular weight is 206 g/mol. The molecule has 0 spiro atoms. The van der Waals surface area contributed by atoms with Crippen molar-refractivity contribution in [1.29, 1.82) is 0 Å². The van der Waals surface area contributed by atoms with E-state index in [-0.39, 0.29) is 0 Å². The summed E-state index contributed by atoms with van der Waals surface area (Å²) in [5.41, 5.74) is 5.70. The van der Waals surface area contributed by atoms with E-state index < -0.39 is 0 Å². The second-order valence-electron chi connectivity index (χ2n) is 4.46. The lowest BCUT2D eigenvalue weighted by atomic mass is 10.1. The molecule has 82 valence electrons.